The summed E-state index contributed by atoms with van der Waals surface area (Å²) in [7, 11) is 2.95. The van der Waals surface area contributed by atoms with Crippen molar-refractivity contribution in [3.05, 3.63) is 47.5 Å². The molecule has 2 fully saturated rings. The summed E-state index contributed by atoms with van der Waals surface area (Å²) in [5.74, 6) is 4.54. The quantitative estimate of drug-likeness (QED) is 0.225. The minimum absolute atomic E-state index is 0.00699. The lowest BCUT2D eigenvalue weighted by atomic mass is 9.84. The van der Waals surface area contributed by atoms with Gasteiger partial charge >= 0.3 is 5.97 Å². The summed E-state index contributed by atoms with van der Waals surface area (Å²) < 4.78 is 28.9. The molecule has 2 atom stereocenters. The van der Waals surface area contributed by atoms with Gasteiger partial charge in [-0.2, -0.15) is 0 Å². The molecule has 2 aliphatic rings. The summed E-state index contributed by atoms with van der Waals surface area (Å²) in [5.41, 5.74) is 2.18. The third-order valence-corrected chi connectivity index (χ3v) is 16.2. The lowest BCUT2D eigenvalue weighted by Crippen LogP contribution is -2.43. The van der Waals surface area contributed by atoms with E-state index in [-0.39, 0.29) is 26.9 Å². The van der Waals surface area contributed by atoms with Crippen LogP contribution in [-0.4, -0.2) is 53.7 Å². The predicted octanol–water partition coefficient (Wildman–Crippen LogP) is 7.15. The van der Waals surface area contributed by atoms with E-state index in [4.69, 9.17) is 23.4 Å². The van der Waals surface area contributed by atoms with E-state index >= 15 is 0 Å². The van der Waals surface area contributed by atoms with Crippen molar-refractivity contribution in [2.45, 2.75) is 55.8 Å². The highest BCUT2D eigenvalue weighted by Gasteiger charge is 2.53. The molecule has 0 spiro atoms. The van der Waals surface area contributed by atoms with Crippen molar-refractivity contribution in [3.63, 3.8) is 0 Å². The van der Waals surface area contributed by atoms with Crippen molar-refractivity contribution in [1.82, 2.24) is 0 Å². The minimum Gasteiger partial charge on any atom is -0.541 e. The van der Waals surface area contributed by atoms with Crippen LogP contribution in [0, 0.1) is 11.8 Å². The van der Waals surface area contributed by atoms with Gasteiger partial charge in [0, 0.05) is 5.92 Å². The van der Waals surface area contributed by atoms with Crippen molar-refractivity contribution < 1.29 is 28.2 Å². The SMILES string of the molecule is COc1ccc(C2([C@H]3COC(=O)[C@@H]3Cc3ccc(O[Si](C)(C)C(C)(C)C)c(OC)c3)SCCCS2)cc1OC. The number of methoxy groups -OCH3 is 3. The number of hydrogen-bond acceptors (Lipinski definition) is 8. The van der Waals surface area contributed by atoms with Gasteiger partial charge in [-0.1, -0.05) is 32.9 Å². The number of ether oxygens (including phenoxy) is 4. The zero-order chi connectivity index (χ0) is 28.4. The van der Waals surface area contributed by atoms with Crippen LogP contribution >= 0.6 is 23.5 Å². The van der Waals surface area contributed by atoms with Crippen molar-refractivity contribution in [1.29, 1.82) is 0 Å². The van der Waals surface area contributed by atoms with Gasteiger partial charge in [0.1, 0.15) is 5.75 Å². The molecule has 0 unspecified atom stereocenters. The summed E-state index contributed by atoms with van der Waals surface area (Å²) in [5, 5.41) is 0.0747. The molecule has 0 radical (unpaired) electrons. The first-order valence-corrected chi connectivity index (χ1v) is 18.4. The summed E-state index contributed by atoms with van der Waals surface area (Å²) in [6.07, 6.45) is 1.72. The second-order valence-electron chi connectivity index (χ2n) is 11.7. The Balaban J connectivity index is 1.66. The summed E-state index contributed by atoms with van der Waals surface area (Å²) in [6, 6.07) is 12.2. The molecule has 2 aliphatic heterocycles. The van der Waals surface area contributed by atoms with Crippen LogP contribution in [-0.2, 0) is 20.0 Å². The number of carbonyl (C=O) groups excluding carboxylic acids is 1. The van der Waals surface area contributed by atoms with Crippen molar-refractivity contribution in [2.75, 3.05) is 39.4 Å². The van der Waals surface area contributed by atoms with Gasteiger partial charge in [-0.15, -0.1) is 23.5 Å². The molecule has 0 amide bonds. The molecule has 2 heterocycles. The molecule has 2 aromatic carbocycles. The lowest BCUT2D eigenvalue weighted by Gasteiger charge is -2.42. The molecule has 214 valence electrons. The lowest BCUT2D eigenvalue weighted by molar-refractivity contribution is -0.141. The second kappa shape index (κ2) is 11.9. The zero-order valence-electron chi connectivity index (χ0n) is 24.4. The smallest absolute Gasteiger partial charge is 0.309 e. The number of hydrogen-bond donors (Lipinski definition) is 0. The average Bonchev–Trinajstić information content (AvgIpc) is 3.28. The number of benzene rings is 2. The van der Waals surface area contributed by atoms with Crippen molar-refractivity contribution in [3.8, 4) is 23.0 Å². The highest BCUT2D eigenvalue weighted by atomic mass is 32.2. The van der Waals surface area contributed by atoms with Crippen molar-refractivity contribution in [2.24, 2.45) is 11.8 Å². The van der Waals surface area contributed by atoms with E-state index < -0.39 is 8.32 Å². The number of rotatable bonds is 9. The Morgan fingerprint density at radius 3 is 2.15 bits per heavy atom. The molecular weight excluding hydrogens is 549 g/mol. The van der Waals surface area contributed by atoms with E-state index in [2.05, 4.69) is 52.1 Å². The van der Waals surface area contributed by atoms with Crippen LogP contribution in [0.15, 0.2) is 36.4 Å². The van der Waals surface area contributed by atoms with Gasteiger partial charge < -0.3 is 23.4 Å². The van der Waals surface area contributed by atoms with E-state index in [1.807, 2.05) is 41.7 Å². The van der Waals surface area contributed by atoms with Gasteiger partial charge in [0.15, 0.2) is 17.2 Å². The Morgan fingerprint density at radius 2 is 1.54 bits per heavy atom. The van der Waals surface area contributed by atoms with E-state index in [1.165, 1.54) is 0 Å². The molecule has 6 nitrogen and oxygen atoms in total. The first-order chi connectivity index (χ1) is 18.5. The molecule has 2 saturated heterocycles. The zero-order valence-corrected chi connectivity index (χ0v) is 27.1. The van der Waals surface area contributed by atoms with E-state index in [1.54, 1.807) is 21.3 Å². The second-order valence-corrected chi connectivity index (χ2v) is 19.3. The van der Waals surface area contributed by atoms with Gasteiger partial charge in [-0.05, 0) is 77.9 Å². The summed E-state index contributed by atoms with van der Waals surface area (Å²) in [4.78, 5) is 13.2. The summed E-state index contributed by atoms with van der Waals surface area (Å²) in [6.45, 7) is 11.5. The van der Waals surface area contributed by atoms with Gasteiger partial charge in [0.25, 0.3) is 8.32 Å². The molecule has 0 saturated carbocycles. The largest absolute Gasteiger partial charge is 0.541 e. The van der Waals surface area contributed by atoms with Gasteiger partial charge in [-0.25, -0.2) is 0 Å². The topological polar surface area (TPSA) is 63.2 Å². The molecular formula is C30H42O6S2Si. The fraction of sp³-hybridized carbons (Fsp3) is 0.567. The van der Waals surface area contributed by atoms with Crippen LogP contribution in [0.25, 0.3) is 0 Å². The molecule has 0 N–H and O–H groups in total. The Bertz CT molecular complexity index is 1170. The van der Waals surface area contributed by atoms with Gasteiger partial charge in [0.05, 0.1) is 37.9 Å². The van der Waals surface area contributed by atoms with E-state index in [0.29, 0.717) is 30.3 Å². The molecule has 9 heteroatoms. The van der Waals surface area contributed by atoms with Crippen molar-refractivity contribution >= 4 is 37.8 Å². The molecule has 0 bridgehead atoms. The van der Waals surface area contributed by atoms with Crippen LogP contribution in [0.2, 0.25) is 18.1 Å². The number of esters is 1. The standard InChI is InChI=1S/C30H42O6S2Si/c1-29(2,3)39(7,8)36-25-12-10-20(17-26(25)33-5)16-22-23(19-35-28(22)31)30(37-14-9-15-38-30)21-11-13-24(32-4)27(18-21)34-6/h10-13,17-18,22-23H,9,14-16,19H2,1-8H3/t22-,23+/m1/s1. The monoisotopic (exact) mass is 590 g/mol. The maximum atomic E-state index is 13.2. The predicted molar refractivity (Wildman–Crippen MR) is 163 cm³/mol. The maximum absolute atomic E-state index is 13.2. The fourth-order valence-corrected chi connectivity index (χ4v) is 9.67. The van der Waals surface area contributed by atoms with Crippen LogP contribution in [0.4, 0.5) is 0 Å². The normalized spacial score (nSPS) is 21.3. The first kappa shape index (κ1) is 30.0. The fourth-order valence-electron chi connectivity index (χ4n) is 4.96. The Kier molecular flexibility index (Phi) is 9.13. The van der Waals surface area contributed by atoms with Crippen LogP contribution in [0.1, 0.15) is 38.3 Å². The van der Waals surface area contributed by atoms with Crippen LogP contribution in [0.3, 0.4) is 0 Å². The number of carbonyl (C=O) groups is 1. The minimum atomic E-state index is -2.03. The number of cyclic esters (lactones) is 1. The molecule has 39 heavy (non-hydrogen) atoms. The third kappa shape index (κ3) is 6.05. The number of thioether (sulfide) groups is 2. The Hall–Kier alpha value is -1.97. The van der Waals surface area contributed by atoms with Gasteiger partial charge in [-0.3, -0.25) is 4.79 Å². The first-order valence-electron chi connectivity index (χ1n) is 13.5. The van der Waals surface area contributed by atoms with Crippen LogP contribution < -0.4 is 18.6 Å². The van der Waals surface area contributed by atoms with E-state index in [0.717, 1.165) is 34.8 Å². The molecule has 4 rings (SSSR count). The highest BCUT2D eigenvalue weighted by molar-refractivity contribution is 8.18. The Morgan fingerprint density at radius 1 is 0.923 bits per heavy atom. The molecule has 0 aromatic heterocycles. The summed E-state index contributed by atoms with van der Waals surface area (Å²) >= 11 is 3.85. The maximum Gasteiger partial charge on any atom is 0.309 e. The van der Waals surface area contributed by atoms with E-state index in [9.17, 15) is 4.79 Å². The van der Waals surface area contributed by atoms with Crippen LogP contribution in [0.5, 0.6) is 23.0 Å². The van der Waals surface area contributed by atoms with Gasteiger partial charge in [0.2, 0.25) is 0 Å². The molecule has 2 aromatic rings. The Labute approximate surface area is 243 Å². The highest BCUT2D eigenvalue weighted by Crippen LogP contribution is 2.59. The average molecular weight is 591 g/mol. The molecule has 0 aliphatic carbocycles. The third-order valence-electron chi connectivity index (χ3n) is 8.24.